The van der Waals surface area contributed by atoms with Gasteiger partial charge in [0.1, 0.15) is 11.6 Å². The molecule has 0 radical (unpaired) electrons. The highest BCUT2D eigenvalue weighted by atomic mass is 16.5. The number of anilines is 2. The number of rotatable bonds is 5. The lowest BCUT2D eigenvalue weighted by atomic mass is 9.89. The molecule has 2 aromatic carbocycles. The first kappa shape index (κ1) is 22.4. The molecule has 2 aliphatic heterocycles. The Hall–Kier alpha value is -3.39. The number of nitrogens with zero attached hydrogens (tertiary/aromatic N) is 2. The van der Waals surface area contributed by atoms with Crippen LogP contribution in [0.2, 0.25) is 0 Å². The van der Waals surface area contributed by atoms with Crippen LogP contribution in [0.15, 0.2) is 42.5 Å². The van der Waals surface area contributed by atoms with Gasteiger partial charge in [0, 0.05) is 24.5 Å². The van der Waals surface area contributed by atoms with Gasteiger partial charge >= 0.3 is 6.03 Å². The van der Waals surface area contributed by atoms with Crippen molar-refractivity contribution >= 4 is 29.2 Å². The molecule has 178 valence electrons. The molecular formula is C26H30N4O4. The fourth-order valence-corrected chi connectivity index (χ4v) is 5.03. The molecule has 0 saturated carbocycles. The van der Waals surface area contributed by atoms with Crippen molar-refractivity contribution in [2.24, 2.45) is 0 Å². The molecule has 2 atom stereocenters. The lowest BCUT2D eigenvalue weighted by Gasteiger charge is -2.29. The Labute approximate surface area is 199 Å². The molecule has 2 aromatic rings. The highest BCUT2D eigenvalue weighted by Gasteiger charge is 2.52. The summed E-state index contributed by atoms with van der Waals surface area (Å²) in [6.45, 7) is 6.34. The fourth-order valence-electron chi connectivity index (χ4n) is 5.03. The highest BCUT2D eigenvalue weighted by Crippen LogP contribution is 2.33. The number of carbonyl (C=O) groups is 3. The zero-order chi connectivity index (χ0) is 23.9. The Balaban J connectivity index is 1.28. The number of hydrogen-bond donors (Lipinski definition) is 2. The minimum absolute atomic E-state index is 0.416. The zero-order valence-electron chi connectivity index (χ0n) is 19.6. The van der Waals surface area contributed by atoms with Crippen molar-refractivity contribution in [1.29, 1.82) is 0 Å². The van der Waals surface area contributed by atoms with Gasteiger partial charge in [0.05, 0.1) is 13.2 Å². The van der Waals surface area contributed by atoms with Crippen LogP contribution in [-0.4, -0.2) is 55.1 Å². The van der Waals surface area contributed by atoms with Crippen molar-refractivity contribution in [3.05, 3.63) is 59.2 Å². The molecule has 34 heavy (non-hydrogen) atoms. The third-order valence-electron chi connectivity index (χ3n) is 7.18. The quantitative estimate of drug-likeness (QED) is 0.667. The Bertz CT molecular complexity index is 1130. The maximum absolute atomic E-state index is 13.4. The Morgan fingerprint density at radius 1 is 1.06 bits per heavy atom. The smallest absolute Gasteiger partial charge is 0.326 e. The van der Waals surface area contributed by atoms with E-state index in [1.165, 1.54) is 11.1 Å². The number of urea groups is 1. The highest BCUT2D eigenvalue weighted by molar-refractivity contribution is 6.11. The average Bonchev–Trinajstić information content (AvgIpc) is 3.41. The van der Waals surface area contributed by atoms with Crippen molar-refractivity contribution in [1.82, 2.24) is 10.2 Å². The van der Waals surface area contributed by atoms with Gasteiger partial charge in [-0.15, -0.1) is 0 Å². The van der Waals surface area contributed by atoms with Crippen LogP contribution in [-0.2, 0) is 32.7 Å². The predicted octanol–water partition coefficient (Wildman–Crippen LogP) is 2.81. The molecule has 0 aromatic heterocycles. The number of ether oxygens (including phenoxy) is 1. The average molecular weight is 463 g/mol. The summed E-state index contributed by atoms with van der Waals surface area (Å²) in [5.41, 5.74) is 3.76. The molecule has 2 heterocycles. The van der Waals surface area contributed by atoms with E-state index in [-0.39, 0.29) is 0 Å². The minimum Gasteiger partial charge on any atom is -0.378 e. The number of aryl methyl sites for hydroxylation is 2. The van der Waals surface area contributed by atoms with Crippen molar-refractivity contribution in [3.8, 4) is 0 Å². The number of nitrogens with one attached hydrogen (secondary N) is 2. The van der Waals surface area contributed by atoms with Gasteiger partial charge in [-0.1, -0.05) is 18.2 Å². The maximum atomic E-state index is 13.4. The zero-order valence-corrected chi connectivity index (χ0v) is 19.6. The summed E-state index contributed by atoms with van der Waals surface area (Å²) in [4.78, 5) is 42.5. The first-order chi connectivity index (χ1) is 16.4. The van der Waals surface area contributed by atoms with Crippen molar-refractivity contribution in [2.75, 3.05) is 36.5 Å². The van der Waals surface area contributed by atoms with Crippen LogP contribution in [0, 0.1) is 0 Å². The largest absolute Gasteiger partial charge is 0.378 e. The lowest BCUT2D eigenvalue weighted by Crippen LogP contribution is -2.47. The minimum atomic E-state index is -1.19. The van der Waals surface area contributed by atoms with Gasteiger partial charge in [0.25, 0.3) is 5.91 Å². The van der Waals surface area contributed by atoms with Crippen molar-refractivity contribution < 1.29 is 19.1 Å². The van der Waals surface area contributed by atoms with Gasteiger partial charge in [-0.2, -0.15) is 0 Å². The standard InChI is InChI=1S/C26H30N4O4/c1-17(23(31)27-21-8-10-22(11-9-21)29-12-14-34-15-13-29)30-24(32)26(2,28-25(30)33)20-7-6-18-4-3-5-19(18)16-20/h6-11,16-17H,3-5,12-15H2,1-2H3,(H,27,31)(H,28,33)/t17-,26+/m1/s1. The number of amides is 4. The van der Waals surface area contributed by atoms with Crippen molar-refractivity contribution in [2.45, 2.75) is 44.7 Å². The number of benzene rings is 2. The molecule has 3 aliphatic rings. The third kappa shape index (κ3) is 3.92. The normalized spacial score (nSPS) is 23.0. The molecule has 5 rings (SSSR count). The van der Waals surface area contributed by atoms with E-state index in [1.54, 1.807) is 13.8 Å². The van der Waals surface area contributed by atoms with Crippen LogP contribution >= 0.6 is 0 Å². The summed E-state index contributed by atoms with van der Waals surface area (Å²) in [5, 5.41) is 5.66. The summed E-state index contributed by atoms with van der Waals surface area (Å²) in [6.07, 6.45) is 3.13. The molecule has 8 heteroatoms. The molecule has 8 nitrogen and oxygen atoms in total. The molecule has 2 saturated heterocycles. The van der Waals surface area contributed by atoms with E-state index in [9.17, 15) is 14.4 Å². The SMILES string of the molecule is C[C@H](C(=O)Nc1ccc(N2CCOCC2)cc1)N1C(=O)N[C@@](C)(c2ccc3c(c2)CCC3)C1=O. The molecule has 0 spiro atoms. The van der Waals surface area contributed by atoms with E-state index < -0.39 is 29.4 Å². The number of fused-ring (bicyclic) bond motifs is 1. The van der Waals surface area contributed by atoms with E-state index in [4.69, 9.17) is 4.74 Å². The van der Waals surface area contributed by atoms with Crippen LogP contribution in [0.4, 0.5) is 16.2 Å². The van der Waals surface area contributed by atoms with Gasteiger partial charge in [0.15, 0.2) is 0 Å². The summed E-state index contributed by atoms with van der Waals surface area (Å²) >= 11 is 0. The maximum Gasteiger partial charge on any atom is 0.326 e. The number of hydrogen-bond acceptors (Lipinski definition) is 5. The third-order valence-corrected chi connectivity index (χ3v) is 7.18. The van der Waals surface area contributed by atoms with Gasteiger partial charge in [-0.3, -0.25) is 9.59 Å². The van der Waals surface area contributed by atoms with Crippen LogP contribution in [0.3, 0.4) is 0 Å². The lowest BCUT2D eigenvalue weighted by molar-refractivity contribution is -0.136. The van der Waals surface area contributed by atoms with Gasteiger partial charge in [-0.25, -0.2) is 9.69 Å². The van der Waals surface area contributed by atoms with E-state index in [0.717, 1.165) is 48.5 Å². The molecule has 2 fully saturated rings. The Morgan fingerprint density at radius 3 is 2.50 bits per heavy atom. The summed E-state index contributed by atoms with van der Waals surface area (Å²) in [5.74, 6) is -0.832. The monoisotopic (exact) mass is 462 g/mol. The molecule has 0 unspecified atom stereocenters. The van der Waals surface area contributed by atoms with Crippen LogP contribution in [0.1, 0.15) is 37.0 Å². The van der Waals surface area contributed by atoms with E-state index in [0.29, 0.717) is 18.9 Å². The predicted molar refractivity (Wildman–Crippen MR) is 129 cm³/mol. The number of morpholine rings is 1. The molecule has 1 aliphatic carbocycles. The van der Waals surface area contributed by atoms with Gasteiger partial charge in [-0.05, 0) is 74.1 Å². The summed E-state index contributed by atoms with van der Waals surface area (Å²) in [7, 11) is 0. The Morgan fingerprint density at radius 2 is 1.76 bits per heavy atom. The van der Waals surface area contributed by atoms with E-state index in [1.807, 2.05) is 42.5 Å². The number of imide groups is 1. The van der Waals surface area contributed by atoms with Crippen LogP contribution in [0.25, 0.3) is 0 Å². The second kappa shape index (κ2) is 8.76. The first-order valence-electron chi connectivity index (χ1n) is 11.9. The van der Waals surface area contributed by atoms with E-state index in [2.05, 4.69) is 15.5 Å². The van der Waals surface area contributed by atoms with Gasteiger partial charge in [0.2, 0.25) is 5.91 Å². The summed E-state index contributed by atoms with van der Waals surface area (Å²) < 4.78 is 5.39. The molecule has 4 amide bonds. The fraction of sp³-hybridized carbons (Fsp3) is 0.423. The van der Waals surface area contributed by atoms with Crippen LogP contribution < -0.4 is 15.5 Å². The molecule has 0 bridgehead atoms. The molecular weight excluding hydrogens is 432 g/mol. The van der Waals surface area contributed by atoms with Crippen molar-refractivity contribution in [3.63, 3.8) is 0 Å². The van der Waals surface area contributed by atoms with E-state index >= 15 is 0 Å². The molecule has 2 N–H and O–H groups in total. The second-order valence-corrected chi connectivity index (χ2v) is 9.38. The topological polar surface area (TPSA) is 91.0 Å². The summed E-state index contributed by atoms with van der Waals surface area (Å²) in [6, 6.07) is 12.0. The number of carbonyl (C=O) groups excluding carboxylic acids is 3. The first-order valence-corrected chi connectivity index (χ1v) is 11.9. The Kier molecular flexibility index (Phi) is 5.77. The van der Waals surface area contributed by atoms with Gasteiger partial charge < -0.3 is 20.3 Å². The van der Waals surface area contributed by atoms with Crippen LogP contribution in [0.5, 0.6) is 0 Å². The second-order valence-electron chi connectivity index (χ2n) is 9.38.